The Bertz CT molecular complexity index is 997. The number of hydrogen-bond donors (Lipinski definition) is 3. The molecule has 378 valence electrons. The van der Waals surface area contributed by atoms with Crippen molar-refractivity contribution in [1.82, 2.24) is 5.32 Å². The van der Waals surface area contributed by atoms with Gasteiger partial charge in [0.15, 0.2) is 0 Å². The first-order valence-corrected chi connectivity index (χ1v) is 28.6. The molecule has 6 nitrogen and oxygen atoms in total. The highest BCUT2D eigenvalue weighted by Crippen LogP contribution is 2.17. The topological polar surface area (TPSA) is 95.9 Å². The molecule has 0 bridgehead atoms. The zero-order chi connectivity index (χ0) is 46.5. The lowest BCUT2D eigenvalue weighted by molar-refractivity contribution is -0.143. The largest absolute Gasteiger partial charge is 0.466 e. The van der Waals surface area contributed by atoms with Crippen LogP contribution in [0.4, 0.5) is 0 Å². The van der Waals surface area contributed by atoms with Crippen molar-refractivity contribution in [3.05, 3.63) is 24.3 Å². The van der Waals surface area contributed by atoms with Gasteiger partial charge in [0.2, 0.25) is 5.91 Å². The van der Waals surface area contributed by atoms with E-state index in [1.807, 2.05) is 6.08 Å². The van der Waals surface area contributed by atoms with Crippen molar-refractivity contribution < 1.29 is 24.5 Å². The Balaban J connectivity index is 3.40. The summed E-state index contributed by atoms with van der Waals surface area (Å²) >= 11 is 0. The summed E-state index contributed by atoms with van der Waals surface area (Å²) in [5, 5.41) is 23.0. The van der Waals surface area contributed by atoms with Gasteiger partial charge < -0.3 is 20.3 Å². The minimum atomic E-state index is -0.845. The molecule has 0 aromatic carbocycles. The van der Waals surface area contributed by atoms with E-state index >= 15 is 0 Å². The van der Waals surface area contributed by atoms with Gasteiger partial charge in [0.05, 0.1) is 25.4 Å². The van der Waals surface area contributed by atoms with E-state index in [0.717, 1.165) is 44.9 Å². The highest BCUT2D eigenvalue weighted by Gasteiger charge is 2.18. The first kappa shape index (κ1) is 62.3. The van der Waals surface area contributed by atoms with Crippen molar-refractivity contribution in [2.24, 2.45) is 0 Å². The number of carbonyl (C=O) groups is 2. The number of ether oxygens (including phenoxy) is 1. The average Bonchev–Trinajstić information content (AvgIpc) is 3.29. The van der Waals surface area contributed by atoms with Crippen molar-refractivity contribution in [2.75, 3.05) is 13.2 Å². The number of esters is 1. The third kappa shape index (κ3) is 49.8. The van der Waals surface area contributed by atoms with Crippen LogP contribution < -0.4 is 5.32 Å². The second-order valence-corrected chi connectivity index (χ2v) is 19.6. The maximum Gasteiger partial charge on any atom is 0.305 e. The summed E-state index contributed by atoms with van der Waals surface area (Å²) in [4.78, 5) is 24.5. The fourth-order valence-corrected chi connectivity index (χ4v) is 8.81. The van der Waals surface area contributed by atoms with Crippen molar-refractivity contribution >= 4 is 11.9 Å². The fraction of sp³-hybridized carbons (Fsp3) is 0.897. The van der Waals surface area contributed by atoms with Crippen LogP contribution in [0.1, 0.15) is 309 Å². The summed E-state index contributed by atoms with van der Waals surface area (Å²) in [5.74, 6) is -0.0703. The van der Waals surface area contributed by atoms with Gasteiger partial charge in [-0.2, -0.15) is 0 Å². The van der Waals surface area contributed by atoms with E-state index in [-0.39, 0.29) is 18.5 Å². The molecule has 0 aromatic rings. The van der Waals surface area contributed by atoms with Crippen LogP contribution in [0.25, 0.3) is 0 Å². The summed E-state index contributed by atoms with van der Waals surface area (Å²) in [6, 6.07) is -0.629. The predicted octanol–water partition coefficient (Wildman–Crippen LogP) is 17.5. The standard InChI is InChI=1S/C58H111NO5/c1-3-5-7-9-11-13-15-17-18-25-28-32-36-40-44-48-52-58(63)64-53-49-45-41-37-33-29-26-23-21-19-20-22-24-27-31-35-39-43-47-51-57(62)59-55(54-60)56(61)50-46-42-38-34-30-16-14-12-10-8-6-4-2/h18,25,46,50,55-56,60-61H,3-17,19-24,26-45,47-49,51-54H2,1-2H3,(H,59,62)/b25-18-,50-46+. The minimum absolute atomic E-state index is 0.000889. The quantitative estimate of drug-likeness (QED) is 0.0321. The van der Waals surface area contributed by atoms with Crippen LogP contribution in [0, 0.1) is 0 Å². The maximum absolute atomic E-state index is 12.4. The molecule has 0 saturated carbocycles. The molecule has 3 N–H and O–H groups in total. The van der Waals surface area contributed by atoms with Crippen LogP contribution in [0.15, 0.2) is 24.3 Å². The highest BCUT2D eigenvalue weighted by molar-refractivity contribution is 5.76. The number of amides is 1. The average molecular weight is 903 g/mol. The van der Waals surface area contributed by atoms with E-state index in [1.54, 1.807) is 6.08 Å². The maximum atomic E-state index is 12.4. The Morgan fingerprint density at radius 3 is 1.11 bits per heavy atom. The lowest BCUT2D eigenvalue weighted by Gasteiger charge is -2.20. The van der Waals surface area contributed by atoms with Crippen LogP contribution in [0.5, 0.6) is 0 Å². The van der Waals surface area contributed by atoms with Crippen molar-refractivity contribution in [3.8, 4) is 0 Å². The first-order chi connectivity index (χ1) is 31.5. The molecule has 0 radical (unpaired) electrons. The molecular weight excluding hydrogens is 791 g/mol. The lowest BCUT2D eigenvalue weighted by atomic mass is 10.0. The van der Waals surface area contributed by atoms with Gasteiger partial charge in [0.25, 0.3) is 0 Å². The highest BCUT2D eigenvalue weighted by atomic mass is 16.5. The Hall–Kier alpha value is -1.66. The number of allylic oxidation sites excluding steroid dienone is 3. The van der Waals surface area contributed by atoms with Crippen LogP contribution in [-0.4, -0.2) is 47.4 Å². The third-order valence-electron chi connectivity index (χ3n) is 13.2. The molecule has 0 aromatic heterocycles. The Labute approximate surface area is 399 Å². The molecule has 0 aliphatic heterocycles. The van der Waals surface area contributed by atoms with Crippen LogP contribution in [0.2, 0.25) is 0 Å². The summed E-state index contributed by atoms with van der Waals surface area (Å²) < 4.78 is 5.48. The zero-order valence-electron chi connectivity index (χ0n) is 43.0. The van der Waals surface area contributed by atoms with Crippen LogP contribution in [0.3, 0.4) is 0 Å². The Morgan fingerprint density at radius 1 is 0.422 bits per heavy atom. The molecule has 6 heteroatoms. The number of nitrogens with one attached hydrogen (secondary N) is 1. The normalized spacial score (nSPS) is 12.8. The monoisotopic (exact) mass is 902 g/mol. The molecular formula is C58H111NO5. The molecule has 0 aliphatic carbocycles. The Kier molecular flexibility index (Phi) is 52.6. The van der Waals surface area contributed by atoms with Crippen molar-refractivity contribution in [3.63, 3.8) is 0 Å². The molecule has 64 heavy (non-hydrogen) atoms. The molecule has 0 rings (SSSR count). The molecule has 1 amide bonds. The van der Waals surface area contributed by atoms with Gasteiger partial charge in [-0.05, 0) is 57.8 Å². The number of rotatable bonds is 53. The van der Waals surface area contributed by atoms with Crippen LogP contribution in [-0.2, 0) is 14.3 Å². The van der Waals surface area contributed by atoms with Gasteiger partial charge in [-0.15, -0.1) is 0 Å². The van der Waals surface area contributed by atoms with Gasteiger partial charge in [0.1, 0.15) is 0 Å². The molecule has 0 spiro atoms. The molecule has 0 aliphatic rings. The van der Waals surface area contributed by atoms with Gasteiger partial charge in [-0.3, -0.25) is 9.59 Å². The lowest BCUT2D eigenvalue weighted by Crippen LogP contribution is -2.45. The van der Waals surface area contributed by atoms with Gasteiger partial charge >= 0.3 is 5.97 Å². The van der Waals surface area contributed by atoms with Gasteiger partial charge in [0, 0.05) is 12.8 Å². The summed E-state index contributed by atoms with van der Waals surface area (Å²) in [6.45, 7) is 4.89. The molecule has 2 unspecified atom stereocenters. The van der Waals surface area contributed by atoms with Gasteiger partial charge in [-0.25, -0.2) is 0 Å². The zero-order valence-corrected chi connectivity index (χ0v) is 43.0. The van der Waals surface area contributed by atoms with E-state index < -0.39 is 12.1 Å². The number of aliphatic hydroxyl groups is 2. The Morgan fingerprint density at radius 2 is 0.734 bits per heavy atom. The van der Waals surface area contributed by atoms with E-state index in [2.05, 4.69) is 31.3 Å². The molecule has 2 atom stereocenters. The summed E-state index contributed by atoms with van der Waals surface area (Å²) in [7, 11) is 0. The summed E-state index contributed by atoms with van der Waals surface area (Å²) in [5.41, 5.74) is 0. The van der Waals surface area contributed by atoms with Gasteiger partial charge in [-0.1, -0.05) is 263 Å². The first-order valence-electron chi connectivity index (χ1n) is 28.6. The van der Waals surface area contributed by atoms with Crippen LogP contribution >= 0.6 is 0 Å². The van der Waals surface area contributed by atoms with E-state index in [0.29, 0.717) is 19.4 Å². The number of unbranched alkanes of at least 4 members (excludes halogenated alkanes) is 40. The SMILES string of the molecule is CCCCCCCCC/C=C\CCCCCCCC(=O)OCCCCCCCCCCCCCCCCCCCCCC(=O)NC(CO)C(O)/C=C/CCCCCCCCCCCC. The smallest absolute Gasteiger partial charge is 0.305 e. The minimum Gasteiger partial charge on any atom is -0.466 e. The van der Waals surface area contributed by atoms with E-state index in [9.17, 15) is 19.8 Å². The fourth-order valence-electron chi connectivity index (χ4n) is 8.81. The number of aliphatic hydroxyl groups excluding tert-OH is 2. The molecule has 0 saturated heterocycles. The summed E-state index contributed by atoms with van der Waals surface area (Å²) in [6.07, 6.45) is 64.8. The third-order valence-corrected chi connectivity index (χ3v) is 13.2. The molecule has 0 heterocycles. The second kappa shape index (κ2) is 54.0. The predicted molar refractivity (Wildman–Crippen MR) is 278 cm³/mol. The molecule has 0 fully saturated rings. The van der Waals surface area contributed by atoms with E-state index in [1.165, 1.54) is 238 Å². The number of carbonyl (C=O) groups excluding carboxylic acids is 2. The number of hydrogen-bond acceptors (Lipinski definition) is 5. The van der Waals surface area contributed by atoms with Crippen molar-refractivity contribution in [1.29, 1.82) is 0 Å². The second-order valence-electron chi connectivity index (χ2n) is 19.6. The van der Waals surface area contributed by atoms with Crippen molar-refractivity contribution in [2.45, 2.75) is 321 Å². The van der Waals surface area contributed by atoms with E-state index in [4.69, 9.17) is 4.74 Å².